The number of methoxy groups -OCH3 is 1. The van der Waals surface area contributed by atoms with E-state index < -0.39 is 0 Å². The molecule has 100 valence electrons. The summed E-state index contributed by atoms with van der Waals surface area (Å²) in [5.41, 5.74) is 0.579. The lowest BCUT2D eigenvalue weighted by atomic mass is 10.2. The van der Waals surface area contributed by atoms with E-state index in [4.69, 9.17) is 14.2 Å². The lowest BCUT2D eigenvalue weighted by Gasteiger charge is -2.17. The molecule has 0 bridgehead atoms. The highest BCUT2D eigenvalue weighted by Crippen LogP contribution is 2.29. The van der Waals surface area contributed by atoms with E-state index in [1.54, 1.807) is 25.3 Å². The molecule has 0 saturated heterocycles. The van der Waals surface area contributed by atoms with Crippen molar-refractivity contribution in [2.45, 2.75) is 26.4 Å². The molecule has 0 saturated carbocycles. The SMILES string of the molecule is CCOc1cc(C=O)ccc1OC(C)CCOC. The van der Waals surface area contributed by atoms with Gasteiger partial charge >= 0.3 is 0 Å². The second-order valence-corrected chi connectivity index (χ2v) is 3.97. The molecule has 18 heavy (non-hydrogen) atoms. The standard InChI is InChI=1S/C14H20O4/c1-4-17-14-9-12(10-15)5-6-13(14)18-11(2)7-8-16-3/h5-6,9-11H,4,7-8H2,1-3H3. The molecular weight excluding hydrogens is 232 g/mol. The van der Waals surface area contributed by atoms with Crippen molar-refractivity contribution in [3.63, 3.8) is 0 Å². The van der Waals surface area contributed by atoms with Gasteiger partial charge in [0.1, 0.15) is 6.29 Å². The molecule has 1 aromatic rings. The van der Waals surface area contributed by atoms with Crippen LogP contribution in [0.1, 0.15) is 30.6 Å². The molecule has 0 N–H and O–H groups in total. The average molecular weight is 252 g/mol. The summed E-state index contributed by atoms with van der Waals surface area (Å²) in [7, 11) is 1.66. The Morgan fingerprint density at radius 3 is 2.72 bits per heavy atom. The van der Waals surface area contributed by atoms with E-state index in [1.807, 2.05) is 13.8 Å². The van der Waals surface area contributed by atoms with Gasteiger partial charge in [-0.3, -0.25) is 4.79 Å². The monoisotopic (exact) mass is 252 g/mol. The first-order valence-corrected chi connectivity index (χ1v) is 6.08. The minimum absolute atomic E-state index is 0.0336. The van der Waals surface area contributed by atoms with Crippen LogP contribution < -0.4 is 9.47 Å². The smallest absolute Gasteiger partial charge is 0.161 e. The first kappa shape index (κ1) is 14.5. The Morgan fingerprint density at radius 1 is 1.33 bits per heavy atom. The molecule has 0 amide bonds. The van der Waals surface area contributed by atoms with Crippen molar-refractivity contribution in [1.29, 1.82) is 0 Å². The van der Waals surface area contributed by atoms with Crippen LogP contribution in [0.15, 0.2) is 18.2 Å². The van der Waals surface area contributed by atoms with Gasteiger partial charge in [-0.15, -0.1) is 0 Å². The maximum atomic E-state index is 10.7. The number of benzene rings is 1. The highest BCUT2D eigenvalue weighted by Gasteiger charge is 2.10. The Morgan fingerprint density at radius 2 is 2.11 bits per heavy atom. The molecule has 1 atom stereocenters. The van der Waals surface area contributed by atoms with Gasteiger partial charge in [-0.05, 0) is 32.0 Å². The van der Waals surface area contributed by atoms with Gasteiger partial charge in [0, 0.05) is 25.7 Å². The summed E-state index contributed by atoms with van der Waals surface area (Å²) in [6.45, 7) is 5.05. The van der Waals surface area contributed by atoms with Crippen molar-refractivity contribution in [3.8, 4) is 11.5 Å². The summed E-state index contributed by atoms with van der Waals surface area (Å²) in [6.07, 6.45) is 1.63. The quantitative estimate of drug-likeness (QED) is 0.667. The summed E-state index contributed by atoms with van der Waals surface area (Å²) in [4.78, 5) is 10.7. The minimum atomic E-state index is 0.0336. The predicted octanol–water partition coefficient (Wildman–Crippen LogP) is 2.70. The zero-order valence-electron chi connectivity index (χ0n) is 11.1. The molecule has 0 radical (unpaired) electrons. The van der Waals surface area contributed by atoms with Crippen molar-refractivity contribution in [3.05, 3.63) is 23.8 Å². The van der Waals surface area contributed by atoms with Gasteiger partial charge < -0.3 is 14.2 Å². The van der Waals surface area contributed by atoms with Crippen molar-refractivity contribution in [2.24, 2.45) is 0 Å². The topological polar surface area (TPSA) is 44.8 Å². The van der Waals surface area contributed by atoms with Crippen molar-refractivity contribution < 1.29 is 19.0 Å². The van der Waals surface area contributed by atoms with Crippen LogP contribution in [0.25, 0.3) is 0 Å². The van der Waals surface area contributed by atoms with Gasteiger partial charge in [0.2, 0.25) is 0 Å². The molecule has 1 unspecified atom stereocenters. The number of hydrogen-bond donors (Lipinski definition) is 0. The highest BCUT2D eigenvalue weighted by molar-refractivity contribution is 5.76. The summed E-state index contributed by atoms with van der Waals surface area (Å²) in [5, 5.41) is 0. The van der Waals surface area contributed by atoms with E-state index in [9.17, 15) is 4.79 Å². The predicted molar refractivity (Wildman–Crippen MR) is 69.6 cm³/mol. The van der Waals surface area contributed by atoms with Crippen LogP contribution in [0.2, 0.25) is 0 Å². The molecule has 4 nitrogen and oxygen atoms in total. The van der Waals surface area contributed by atoms with Crippen LogP contribution in [0, 0.1) is 0 Å². The normalized spacial score (nSPS) is 11.9. The lowest BCUT2D eigenvalue weighted by Crippen LogP contribution is -2.15. The molecule has 0 aromatic heterocycles. The number of rotatable bonds is 8. The van der Waals surface area contributed by atoms with Gasteiger partial charge in [0.25, 0.3) is 0 Å². The molecule has 4 heteroatoms. The van der Waals surface area contributed by atoms with Gasteiger partial charge in [0.05, 0.1) is 12.7 Å². The van der Waals surface area contributed by atoms with E-state index in [-0.39, 0.29) is 6.10 Å². The Labute approximate surface area is 108 Å². The minimum Gasteiger partial charge on any atom is -0.490 e. The van der Waals surface area contributed by atoms with Crippen LogP contribution in [-0.4, -0.2) is 32.7 Å². The van der Waals surface area contributed by atoms with Crippen LogP contribution in [0.5, 0.6) is 11.5 Å². The van der Waals surface area contributed by atoms with Crippen LogP contribution in [0.4, 0.5) is 0 Å². The lowest BCUT2D eigenvalue weighted by molar-refractivity contribution is 0.112. The Bertz CT molecular complexity index is 376. The van der Waals surface area contributed by atoms with E-state index in [0.717, 1.165) is 12.7 Å². The van der Waals surface area contributed by atoms with E-state index >= 15 is 0 Å². The second kappa shape index (κ2) is 7.71. The van der Waals surface area contributed by atoms with Crippen molar-refractivity contribution in [1.82, 2.24) is 0 Å². The van der Waals surface area contributed by atoms with E-state index in [0.29, 0.717) is 30.3 Å². The summed E-state index contributed by atoms with van der Waals surface area (Å²) in [5.74, 6) is 1.26. The highest BCUT2D eigenvalue weighted by atomic mass is 16.5. The first-order chi connectivity index (χ1) is 8.71. The van der Waals surface area contributed by atoms with Crippen molar-refractivity contribution >= 4 is 6.29 Å². The number of hydrogen-bond acceptors (Lipinski definition) is 4. The fourth-order valence-corrected chi connectivity index (χ4v) is 1.52. The maximum Gasteiger partial charge on any atom is 0.161 e. The zero-order chi connectivity index (χ0) is 13.4. The summed E-state index contributed by atoms with van der Waals surface area (Å²) < 4.78 is 16.3. The molecule has 0 fully saturated rings. The maximum absolute atomic E-state index is 10.7. The third-order valence-electron chi connectivity index (χ3n) is 2.46. The molecule has 1 rings (SSSR count). The number of carbonyl (C=O) groups is 1. The Balaban J connectivity index is 2.76. The number of ether oxygens (including phenoxy) is 3. The zero-order valence-corrected chi connectivity index (χ0v) is 11.1. The second-order valence-electron chi connectivity index (χ2n) is 3.97. The van der Waals surface area contributed by atoms with Crippen molar-refractivity contribution in [2.75, 3.05) is 20.3 Å². The van der Waals surface area contributed by atoms with Gasteiger partial charge in [-0.1, -0.05) is 0 Å². The Kier molecular flexibility index (Phi) is 6.22. The molecule has 0 aliphatic carbocycles. The Hall–Kier alpha value is -1.55. The third-order valence-corrected chi connectivity index (χ3v) is 2.46. The average Bonchev–Trinajstić information content (AvgIpc) is 2.38. The van der Waals surface area contributed by atoms with Crippen LogP contribution >= 0.6 is 0 Å². The molecule has 0 spiro atoms. The third kappa shape index (κ3) is 4.37. The first-order valence-electron chi connectivity index (χ1n) is 6.08. The van der Waals surface area contributed by atoms with E-state index in [2.05, 4.69) is 0 Å². The van der Waals surface area contributed by atoms with Crippen LogP contribution in [0.3, 0.4) is 0 Å². The molecular formula is C14H20O4. The van der Waals surface area contributed by atoms with E-state index in [1.165, 1.54) is 0 Å². The molecule has 0 heterocycles. The molecule has 0 aliphatic heterocycles. The van der Waals surface area contributed by atoms with Gasteiger partial charge in [-0.25, -0.2) is 0 Å². The van der Waals surface area contributed by atoms with Gasteiger partial charge in [-0.2, -0.15) is 0 Å². The molecule has 1 aromatic carbocycles. The number of carbonyl (C=O) groups excluding carboxylic acids is 1. The van der Waals surface area contributed by atoms with Gasteiger partial charge in [0.15, 0.2) is 11.5 Å². The number of aldehydes is 1. The molecule has 0 aliphatic rings. The fourth-order valence-electron chi connectivity index (χ4n) is 1.52. The summed E-state index contributed by atoms with van der Waals surface area (Å²) >= 11 is 0. The van der Waals surface area contributed by atoms with Crippen LogP contribution in [-0.2, 0) is 4.74 Å². The summed E-state index contributed by atoms with van der Waals surface area (Å²) in [6, 6.07) is 5.17. The largest absolute Gasteiger partial charge is 0.490 e. The fraction of sp³-hybridized carbons (Fsp3) is 0.500.